The Morgan fingerprint density at radius 3 is 2.24 bits per heavy atom. The lowest BCUT2D eigenvalue weighted by molar-refractivity contribution is -0.127. The fraction of sp³-hybridized carbons (Fsp3) is 0.650. The topological polar surface area (TPSA) is 61.6 Å². The molecule has 1 saturated heterocycles. The highest BCUT2D eigenvalue weighted by Crippen LogP contribution is 2.47. The summed E-state index contributed by atoms with van der Waals surface area (Å²) in [6.07, 6.45) is 3.51. The predicted octanol–water partition coefficient (Wildman–Crippen LogP) is 2.70. The van der Waals surface area contributed by atoms with E-state index in [0.717, 1.165) is 44.8 Å². The van der Waals surface area contributed by atoms with Gasteiger partial charge in [0.2, 0.25) is 5.91 Å². The molecule has 1 aromatic rings. The van der Waals surface area contributed by atoms with Crippen LogP contribution in [0.1, 0.15) is 19.3 Å². The average molecular weight is 470 g/mol. The van der Waals surface area contributed by atoms with Crippen molar-refractivity contribution in [2.45, 2.75) is 25.3 Å². The quantitative estimate of drug-likeness (QED) is 0.696. The van der Waals surface area contributed by atoms with Gasteiger partial charge in [-0.15, -0.1) is 37.2 Å². The van der Waals surface area contributed by atoms with E-state index in [1.54, 1.807) is 0 Å². The summed E-state index contributed by atoms with van der Waals surface area (Å²) in [6.45, 7) is 5.34. The molecular weight excluding hydrogens is 438 g/mol. The van der Waals surface area contributed by atoms with E-state index in [1.165, 1.54) is 25.0 Å². The van der Waals surface area contributed by atoms with Crippen LogP contribution in [0.2, 0.25) is 0 Å². The summed E-state index contributed by atoms with van der Waals surface area (Å²) in [5, 5.41) is 3.12. The summed E-state index contributed by atoms with van der Waals surface area (Å²) in [7, 11) is 0. The third kappa shape index (κ3) is 5.88. The van der Waals surface area contributed by atoms with Gasteiger partial charge in [-0.25, -0.2) is 4.39 Å². The first kappa shape index (κ1) is 26.2. The molecular formula is C20H32Cl3FN4O. The number of rotatable bonds is 5. The van der Waals surface area contributed by atoms with E-state index in [0.29, 0.717) is 18.4 Å². The van der Waals surface area contributed by atoms with Gasteiger partial charge >= 0.3 is 0 Å². The largest absolute Gasteiger partial charge is 0.369 e. The minimum atomic E-state index is -0.196. The Kier molecular flexibility index (Phi) is 10.5. The number of anilines is 1. The molecule has 4 rings (SSSR count). The zero-order valence-electron chi connectivity index (χ0n) is 16.5. The minimum absolute atomic E-state index is 0. The van der Waals surface area contributed by atoms with Gasteiger partial charge in [-0.05, 0) is 55.4 Å². The Hall–Kier alpha value is -0.790. The number of nitrogens with two attached hydrogens (primary N) is 1. The number of hydrogen-bond acceptors (Lipinski definition) is 4. The van der Waals surface area contributed by atoms with Crippen molar-refractivity contribution in [2.75, 3.05) is 44.2 Å². The van der Waals surface area contributed by atoms with E-state index in [9.17, 15) is 9.18 Å². The molecule has 5 nitrogen and oxygen atoms in total. The number of piperazine rings is 1. The van der Waals surface area contributed by atoms with Crippen LogP contribution in [-0.2, 0) is 4.79 Å². The first-order valence-corrected chi connectivity index (χ1v) is 9.88. The molecule has 166 valence electrons. The molecule has 1 aromatic carbocycles. The normalized spacial score (nSPS) is 28.1. The van der Waals surface area contributed by atoms with Crippen LogP contribution in [0.5, 0.6) is 0 Å². The van der Waals surface area contributed by atoms with Crippen molar-refractivity contribution in [3.05, 3.63) is 30.1 Å². The number of carbonyl (C=O) groups excluding carboxylic acids is 1. The third-order valence-electron chi connectivity index (χ3n) is 6.57. The first-order chi connectivity index (χ1) is 12.6. The molecule has 4 unspecified atom stereocenters. The highest BCUT2D eigenvalue weighted by Gasteiger charge is 2.48. The Bertz CT molecular complexity index is 641. The molecule has 0 spiro atoms. The van der Waals surface area contributed by atoms with Gasteiger partial charge in [-0.3, -0.25) is 9.69 Å². The first-order valence-electron chi connectivity index (χ1n) is 9.88. The van der Waals surface area contributed by atoms with Crippen LogP contribution >= 0.6 is 37.2 Å². The number of nitrogens with one attached hydrogen (secondary N) is 1. The fourth-order valence-electron chi connectivity index (χ4n) is 5.06. The van der Waals surface area contributed by atoms with Crippen LogP contribution in [0.25, 0.3) is 0 Å². The molecule has 9 heteroatoms. The molecule has 4 atom stereocenters. The lowest BCUT2D eigenvalue weighted by atomic mass is 9.84. The van der Waals surface area contributed by atoms with Crippen molar-refractivity contribution < 1.29 is 9.18 Å². The number of nitrogens with zero attached hydrogens (tertiary/aromatic N) is 2. The van der Waals surface area contributed by atoms with Crippen LogP contribution in [-0.4, -0.2) is 56.1 Å². The summed E-state index contributed by atoms with van der Waals surface area (Å²) >= 11 is 0. The van der Waals surface area contributed by atoms with Crippen molar-refractivity contribution in [1.29, 1.82) is 0 Å². The van der Waals surface area contributed by atoms with Crippen LogP contribution < -0.4 is 16.0 Å². The fourth-order valence-corrected chi connectivity index (χ4v) is 5.06. The lowest BCUT2D eigenvalue weighted by Crippen LogP contribution is -2.50. The van der Waals surface area contributed by atoms with Gasteiger partial charge in [0.15, 0.2) is 0 Å². The number of amides is 1. The maximum atomic E-state index is 13.0. The van der Waals surface area contributed by atoms with Gasteiger partial charge < -0.3 is 16.0 Å². The molecule has 2 saturated carbocycles. The molecule has 1 heterocycles. The monoisotopic (exact) mass is 468 g/mol. The molecule has 29 heavy (non-hydrogen) atoms. The van der Waals surface area contributed by atoms with E-state index >= 15 is 0 Å². The zero-order chi connectivity index (χ0) is 18.1. The van der Waals surface area contributed by atoms with Crippen molar-refractivity contribution in [3.63, 3.8) is 0 Å². The van der Waals surface area contributed by atoms with E-state index in [2.05, 4.69) is 15.1 Å². The van der Waals surface area contributed by atoms with Crippen LogP contribution in [0.15, 0.2) is 24.3 Å². The SMILES string of the molecule is Cl.Cl.Cl.NC1C2CCC(C2)C1C(=O)NCCN1CCN(c2ccc(F)cc2)CC1. The highest BCUT2D eigenvalue weighted by molar-refractivity contribution is 5.86. The van der Waals surface area contributed by atoms with Crippen molar-refractivity contribution in [2.24, 2.45) is 23.5 Å². The molecule has 3 aliphatic rings. The maximum Gasteiger partial charge on any atom is 0.225 e. The zero-order valence-corrected chi connectivity index (χ0v) is 18.9. The van der Waals surface area contributed by atoms with Crippen molar-refractivity contribution in [3.8, 4) is 0 Å². The Morgan fingerprint density at radius 1 is 1.03 bits per heavy atom. The lowest BCUT2D eigenvalue weighted by Gasteiger charge is -2.36. The van der Waals surface area contributed by atoms with Crippen LogP contribution in [0.4, 0.5) is 10.1 Å². The second-order valence-electron chi connectivity index (χ2n) is 8.03. The average Bonchev–Trinajstić information content (AvgIpc) is 3.24. The number of halogens is 4. The van der Waals surface area contributed by atoms with Gasteiger partial charge in [-0.2, -0.15) is 0 Å². The Morgan fingerprint density at radius 2 is 1.66 bits per heavy atom. The van der Waals surface area contributed by atoms with Crippen molar-refractivity contribution in [1.82, 2.24) is 10.2 Å². The predicted molar refractivity (Wildman–Crippen MR) is 122 cm³/mol. The second kappa shape index (κ2) is 11.6. The molecule has 0 aromatic heterocycles. The van der Waals surface area contributed by atoms with Gasteiger partial charge in [0.25, 0.3) is 0 Å². The highest BCUT2D eigenvalue weighted by atomic mass is 35.5. The van der Waals surface area contributed by atoms with Gasteiger partial charge in [0.05, 0.1) is 5.92 Å². The minimum Gasteiger partial charge on any atom is -0.369 e. The molecule has 3 fully saturated rings. The summed E-state index contributed by atoms with van der Waals surface area (Å²) < 4.78 is 13.0. The molecule has 0 radical (unpaired) electrons. The van der Waals surface area contributed by atoms with Crippen LogP contribution in [0, 0.1) is 23.6 Å². The molecule has 1 aliphatic heterocycles. The molecule has 2 bridgehead atoms. The van der Waals surface area contributed by atoms with Gasteiger partial charge in [-0.1, -0.05) is 0 Å². The summed E-state index contributed by atoms with van der Waals surface area (Å²) in [4.78, 5) is 17.2. The Labute approximate surface area is 191 Å². The molecule has 2 aliphatic carbocycles. The number of hydrogen-bond donors (Lipinski definition) is 2. The standard InChI is InChI=1S/C20H29FN4O.3ClH/c21-16-3-5-17(6-4-16)25-11-9-24(10-12-25)8-7-23-20(26)18-14-1-2-15(13-14)19(18)22;;;/h3-6,14-15,18-19H,1-2,7-13,22H2,(H,23,26);3*1H. The van der Waals surface area contributed by atoms with E-state index in [-0.39, 0.29) is 60.9 Å². The van der Waals surface area contributed by atoms with Gasteiger partial charge in [0, 0.05) is 51.0 Å². The summed E-state index contributed by atoms with van der Waals surface area (Å²) in [6, 6.07) is 6.76. The number of fused-ring (bicyclic) bond motifs is 2. The second-order valence-corrected chi connectivity index (χ2v) is 8.03. The number of benzene rings is 1. The summed E-state index contributed by atoms with van der Waals surface area (Å²) in [5.74, 6) is 1.07. The van der Waals surface area contributed by atoms with E-state index < -0.39 is 0 Å². The van der Waals surface area contributed by atoms with Crippen molar-refractivity contribution >= 4 is 48.8 Å². The smallest absolute Gasteiger partial charge is 0.225 e. The summed E-state index contributed by atoms with van der Waals surface area (Å²) in [5.41, 5.74) is 7.33. The molecule has 1 amide bonds. The maximum absolute atomic E-state index is 13.0. The van der Waals surface area contributed by atoms with Crippen LogP contribution in [0.3, 0.4) is 0 Å². The van der Waals surface area contributed by atoms with Gasteiger partial charge in [0.1, 0.15) is 5.82 Å². The Balaban J connectivity index is 0.00000140. The van der Waals surface area contributed by atoms with E-state index in [4.69, 9.17) is 5.73 Å². The molecule has 3 N–H and O–H groups in total. The third-order valence-corrected chi connectivity index (χ3v) is 6.57. The van der Waals surface area contributed by atoms with E-state index in [1.807, 2.05) is 12.1 Å². The number of carbonyl (C=O) groups is 1.